The average molecular weight is 502 g/mol. The van der Waals surface area contributed by atoms with Gasteiger partial charge in [0.05, 0.1) is 30.4 Å². The second-order valence-corrected chi connectivity index (χ2v) is 10.6. The summed E-state index contributed by atoms with van der Waals surface area (Å²) in [5.74, 6) is -1.11. The SMILES string of the molecule is CC(C)c1cc(CC(=O)NS(=O)(=O)N(C[C@@H]2CCCN2C)c2cnn(C)c2)cc(C(F)(F)F)c1. The topological polar surface area (TPSA) is 87.5 Å². The van der Waals surface area contributed by atoms with Crippen molar-refractivity contribution >= 4 is 21.8 Å². The van der Waals surface area contributed by atoms with Crippen molar-refractivity contribution in [3.8, 4) is 0 Å². The van der Waals surface area contributed by atoms with Gasteiger partial charge in [-0.05, 0) is 55.6 Å². The van der Waals surface area contributed by atoms with Gasteiger partial charge in [0.1, 0.15) is 0 Å². The van der Waals surface area contributed by atoms with E-state index in [1.165, 1.54) is 23.1 Å². The molecule has 0 spiro atoms. The number of halogens is 3. The van der Waals surface area contributed by atoms with Crippen LogP contribution in [-0.2, 0) is 34.6 Å². The van der Waals surface area contributed by atoms with Crippen molar-refractivity contribution in [2.75, 3.05) is 24.4 Å². The zero-order valence-electron chi connectivity index (χ0n) is 19.6. The van der Waals surface area contributed by atoms with E-state index >= 15 is 0 Å². The lowest BCUT2D eigenvalue weighted by Gasteiger charge is -2.28. The number of likely N-dealkylation sites (tertiary alicyclic amines) is 1. The van der Waals surface area contributed by atoms with Gasteiger partial charge in [0.25, 0.3) is 0 Å². The quantitative estimate of drug-likeness (QED) is 0.601. The van der Waals surface area contributed by atoms with E-state index in [2.05, 4.69) is 10.00 Å². The van der Waals surface area contributed by atoms with E-state index in [-0.39, 0.29) is 24.1 Å². The number of anilines is 1. The molecule has 1 fully saturated rings. The van der Waals surface area contributed by atoms with Gasteiger partial charge >= 0.3 is 16.4 Å². The molecule has 1 aromatic carbocycles. The third-order valence-corrected chi connectivity index (χ3v) is 7.36. The highest BCUT2D eigenvalue weighted by molar-refractivity contribution is 7.91. The highest BCUT2D eigenvalue weighted by Crippen LogP contribution is 2.32. The van der Waals surface area contributed by atoms with Crippen LogP contribution in [0.25, 0.3) is 0 Å². The summed E-state index contributed by atoms with van der Waals surface area (Å²) in [6.45, 7) is 4.45. The Morgan fingerprint density at radius 3 is 2.50 bits per heavy atom. The largest absolute Gasteiger partial charge is 0.416 e. The number of hydrogen-bond acceptors (Lipinski definition) is 5. The Labute approximate surface area is 197 Å². The summed E-state index contributed by atoms with van der Waals surface area (Å²) in [7, 11) is -0.771. The van der Waals surface area contributed by atoms with Crippen molar-refractivity contribution < 1.29 is 26.4 Å². The molecule has 0 radical (unpaired) electrons. The summed E-state index contributed by atoms with van der Waals surface area (Å²) in [6.07, 6.45) is -0.429. The molecule has 2 aromatic rings. The molecule has 1 atom stereocenters. The Kier molecular flexibility index (Phi) is 7.61. The van der Waals surface area contributed by atoms with Crippen molar-refractivity contribution in [1.82, 2.24) is 19.4 Å². The van der Waals surface area contributed by atoms with Crippen molar-refractivity contribution in [1.29, 1.82) is 0 Å². The molecule has 34 heavy (non-hydrogen) atoms. The van der Waals surface area contributed by atoms with Crippen LogP contribution >= 0.6 is 0 Å². The molecule has 1 N–H and O–H groups in total. The molecule has 1 amide bonds. The molecule has 0 unspecified atom stereocenters. The Balaban J connectivity index is 1.83. The number of nitrogens with zero attached hydrogens (tertiary/aromatic N) is 4. The van der Waals surface area contributed by atoms with Gasteiger partial charge in [0, 0.05) is 19.3 Å². The minimum Gasteiger partial charge on any atom is -0.302 e. The first-order valence-electron chi connectivity index (χ1n) is 11.0. The summed E-state index contributed by atoms with van der Waals surface area (Å²) in [5.41, 5.74) is -0.0636. The first kappa shape index (κ1) is 26.0. The van der Waals surface area contributed by atoms with Crippen molar-refractivity contribution in [3.05, 3.63) is 47.3 Å². The maximum Gasteiger partial charge on any atom is 0.416 e. The Bertz CT molecular complexity index is 1130. The number of aryl methyl sites for hydroxylation is 1. The van der Waals surface area contributed by atoms with Crippen LogP contribution in [0.3, 0.4) is 0 Å². The van der Waals surface area contributed by atoms with E-state index in [0.29, 0.717) is 11.3 Å². The van der Waals surface area contributed by atoms with Gasteiger partial charge in [-0.1, -0.05) is 19.9 Å². The number of alkyl halides is 3. The first-order chi connectivity index (χ1) is 15.8. The number of nitrogens with one attached hydrogen (secondary N) is 1. The molecular weight excluding hydrogens is 471 g/mol. The smallest absolute Gasteiger partial charge is 0.302 e. The monoisotopic (exact) mass is 501 g/mol. The van der Waals surface area contributed by atoms with Gasteiger partial charge in [-0.3, -0.25) is 9.48 Å². The number of carbonyl (C=O) groups is 1. The zero-order chi connectivity index (χ0) is 25.3. The maximum atomic E-state index is 13.3. The first-order valence-corrected chi connectivity index (χ1v) is 12.4. The molecule has 1 aromatic heterocycles. The van der Waals surface area contributed by atoms with Gasteiger partial charge in [0.2, 0.25) is 5.91 Å². The van der Waals surface area contributed by atoms with Crippen LogP contribution in [0, 0.1) is 0 Å². The molecule has 12 heteroatoms. The van der Waals surface area contributed by atoms with Crippen LogP contribution in [-0.4, -0.2) is 55.2 Å². The highest BCUT2D eigenvalue weighted by atomic mass is 32.2. The minimum atomic E-state index is -4.58. The second kappa shape index (κ2) is 9.95. The van der Waals surface area contributed by atoms with Gasteiger partial charge in [0.15, 0.2) is 0 Å². The molecule has 3 rings (SSSR count). The van der Waals surface area contributed by atoms with Crippen LogP contribution in [0.15, 0.2) is 30.6 Å². The third-order valence-electron chi connectivity index (χ3n) is 5.93. The Hall–Kier alpha value is -2.60. The van der Waals surface area contributed by atoms with Gasteiger partial charge in [-0.15, -0.1) is 0 Å². The predicted molar refractivity (Wildman–Crippen MR) is 123 cm³/mol. The molecule has 1 aliphatic rings. The highest BCUT2D eigenvalue weighted by Gasteiger charge is 2.33. The number of amides is 1. The molecule has 0 aliphatic carbocycles. The van der Waals surface area contributed by atoms with E-state index in [9.17, 15) is 26.4 Å². The van der Waals surface area contributed by atoms with Crippen LogP contribution in [0.5, 0.6) is 0 Å². The maximum absolute atomic E-state index is 13.3. The molecule has 2 heterocycles. The van der Waals surface area contributed by atoms with E-state index in [0.717, 1.165) is 35.8 Å². The van der Waals surface area contributed by atoms with Gasteiger partial charge < -0.3 is 4.90 Å². The molecule has 188 valence electrons. The fourth-order valence-electron chi connectivity index (χ4n) is 4.02. The van der Waals surface area contributed by atoms with Gasteiger partial charge in [-0.2, -0.15) is 26.7 Å². The fourth-order valence-corrected chi connectivity index (χ4v) is 5.23. The fraction of sp³-hybridized carbons (Fsp3) is 0.545. The second-order valence-electron chi connectivity index (χ2n) is 9.00. The standard InChI is InChI=1S/C22H30F3N5O3S/c1-15(2)17-8-16(9-18(11-17)22(23,24)25)10-21(31)27-34(32,33)30(20-12-26-29(4)13-20)14-19-6-5-7-28(19)3/h8-9,11-13,15,19H,5-7,10,14H2,1-4H3,(H,27,31)/t19-/m0/s1. The molecule has 1 saturated heterocycles. The lowest BCUT2D eigenvalue weighted by molar-refractivity contribution is -0.137. The predicted octanol–water partition coefficient (Wildman–Crippen LogP) is 3.07. The molecular formula is C22H30F3N5O3S. The Morgan fingerprint density at radius 1 is 1.26 bits per heavy atom. The van der Waals surface area contributed by atoms with Crippen LogP contribution in [0.4, 0.5) is 18.9 Å². The summed E-state index contributed by atoms with van der Waals surface area (Å²) in [6, 6.07) is 3.39. The third kappa shape index (κ3) is 6.29. The molecule has 1 aliphatic heterocycles. The normalized spacial score (nSPS) is 17.4. The van der Waals surface area contributed by atoms with Crippen LogP contribution in [0.1, 0.15) is 49.3 Å². The van der Waals surface area contributed by atoms with Crippen molar-refractivity contribution in [2.24, 2.45) is 7.05 Å². The number of aromatic nitrogens is 2. The lowest BCUT2D eigenvalue weighted by atomic mass is 9.96. The van der Waals surface area contributed by atoms with E-state index in [1.54, 1.807) is 20.9 Å². The Morgan fingerprint density at radius 2 is 1.97 bits per heavy atom. The van der Waals surface area contributed by atoms with Crippen molar-refractivity contribution in [3.63, 3.8) is 0 Å². The van der Waals surface area contributed by atoms with E-state index in [1.807, 2.05) is 11.8 Å². The zero-order valence-corrected chi connectivity index (χ0v) is 20.4. The van der Waals surface area contributed by atoms with E-state index < -0.39 is 34.3 Å². The summed E-state index contributed by atoms with van der Waals surface area (Å²) in [4.78, 5) is 14.7. The van der Waals surface area contributed by atoms with Gasteiger partial charge in [-0.25, -0.2) is 9.03 Å². The number of likely N-dealkylation sites (N-methyl/N-ethyl adjacent to an activating group) is 1. The summed E-state index contributed by atoms with van der Waals surface area (Å²) in [5, 5.41) is 4.03. The number of rotatable bonds is 8. The van der Waals surface area contributed by atoms with Crippen LogP contribution in [0.2, 0.25) is 0 Å². The minimum absolute atomic E-state index is 0.0380. The van der Waals surface area contributed by atoms with Crippen LogP contribution < -0.4 is 9.03 Å². The molecule has 0 bridgehead atoms. The number of benzene rings is 1. The summed E-state index contributed by atoms with van der Waals surface area (Å²) >= 11 is 0. The average Bonchev–Trinajstić information content (AvgIpc) is 3.32. The lowest BCUT2D eigenvalue weighted by Crippen LogP contribution is -2.48. The molecule has 8 nitrogen and oxygen atoms in total. The molecule has 0 saturated carbocycles. The number of hydrogen-bond donors (Lipinski definition) is 1. The number of carbonyl (C=O) groups excluding carboxylic acids is 1. The van der Waals surface area contributed by atoms with Crippen molar-refractivity contribution in [2.45, 2.75) is 51.2 Å². The van der Waals surface area contributed by atoms with E-state index in [4.69, 9.17) is 0 Å². The summed E-state index contributed by atoms with van der Waals surface area (Å²) < 4.78 is 70.9.